The molecule has 112 valence electrons. The highest BCUT2D eigenvalue weighted by Crippen LogP contribution is 2.24. The molecule has 1 aromatic heterocycles. The van der Waals surface area contributed by atoms with Crippen molar-refractivity contribution in [2.24, 2.45) is 5.41 Å². The quantitative estimate of drug-likeness (QED) is 0.936. The topological polar surface area (TPSA) is 42.0 Å². The second-order valence-electron chi connectivity index (χ2n) is 5.91. The summed E-state index contributed by atoms with van der Waals surface area (Å²) in [5.41, 5.74) is 1.31. The predicted octanol–water partition coefficient (Wildman–Crippen LogP) is 3.65. The lowest BCUT2D eigenvalue weighted by molar-refractivity contribution is -0.128. The van der Waals surface area contributed by atoms with E-state index in [9.17, 15) is 9.18 Å². The van der Waals surface area contributed by atoms with E-state index in [-0.39, 0.29) is 17.1 Å². The lowest BCUT2D eigenvalue weighted by Crippen LogP contribution is -2.35. The van der Waals surface area contributed by atoms with Crippen LogP contribution in [0.3, 0.4) is 0 Å². The number of carbonyl (C=O) groups is 1. The Balaban J connectivity index is 1.94. The summed E-state index contributed by atoms with van der Waals surface area (Å²) in [4.78, 5) is 16.2. The third-order valence-electron chi connectivity index (χ3n) is 2.97. The van der Waals surface area contributed by atoms with Gasteiger partial charge in [0.05, 0.1) is 5.69 Å². The first kappa shape index (κ1) is 15.6. The largest absolute Gasteiger partial charge is 0.355 e. The van der Waals surface area contributed by atoms with Gasteiger partial charge in [0.25, 0.3) is 0 Å². The molecular formula is C16H19FN2OS. The summed E-state index contributed by atoms with van der Waals surface area (Å²) in [6, 6.07) is 6.41. The van der Waals surface area contributed by atoms with Gasteiger partial charge in [0.15, 0.2) is 0 Å². The van der Waals surface area contributed by atoms with Crippen LogP contribution < -0.4 is 5.32 Å². The van der Waals surface area contributed by atoms with Gasteiger partial charge in [-0.3, -0.25) is 4.79 Å². The van der Waals surface area contributed by atoms with Crippen LogP contribution in [-0.2, 0) is 11.2 Å². The van der Waals surface area contributed by atoms with Crippen LogP contribution in [0.5, 0.6) is 0 Å². The summed E-state index contributed by atoms with van der Waals surface area (Å²) < 4.78 is 13.2. The van der Waals surface area contributed by atoms with Crippen molar-refractivity contribution in [3.05, 3.63) is 41.2 Å². The average Bonchev–Trinajstić information content (AvgIpc) is 2.86. The fraction of sp³-hybridized carbons (Fsp3) is 0.375. The van der Waals surface area contributed by atoms with Crippen molar-refractivity contribution in [2.45, 2.75) is 27.2 Å². The van der Waals surface area contributed by atoms with Crippen molar-refractivity contribution in [3.8, 4) is 10.6 Å². The molecule has 1 amide bonds. The molecule has 0 aliphatic rings. The number of amides is 1. The summed E-state index contributed by atoms with van der Waals surface area (Å²) in [6.07, 6.45) is 0.674. The number of aromatic nitrogens is 1. The van der Waals surface area contributed by atoms with Crippen molar-refractivity contribution in [1.29, 1.82) is 0 Å². The standard InChI is InChI=1S/C16H19FN2OS/c1-16(2,3)15(20)18-8-7-13-10-21-14(19-13)11-5-4-6-12(17)9-11/h4-6,9-10H,7-8H2,1-3H3,(H,18,20). The summed E-state index contributed by atoms with van der Waals surface area (Å²) in [5, 5.41) is 5.64. The Morgan fingerprint density at radius 1 is 1.38 bits per heavy atom. The minimum absolute atomic E-state index is 0.0306. The fourth-order valence-corrected chi connectivity index (χ4v) is 2.60. The molecule has 1 heterocycles. The number of nitrogens with one attached hydrogen (secondary N) is 1. The zero-order chi connectivity index (χ0) is 15.5. The van der Waals surface area contributed by atoms with Crippen molar-refractivity contribution >= 4 is 17.2 Å². The van der Waals surface area contributed by atoms with E-state index in [4.69, 9.17) is 0 Å². The Morgan fingerprint density at radius 3 is 2.81 bits per heavy atom. The molecule has 0 aliphatic heterocycles. The van der Waals surface area contributed by atoms with Crippen molar-refractivity contribution in [1.82, 2.24) is 10.3 Å². The number of benzene rings is 1. The van der Waals surface area contributed by atoms with Crippen LogP contribution in [0.1, 0.15) is 26.5 Å². The van der Waals surface area contributed by atoms with E-state index in [0.717, 1.165) is 16.3 Å². The number of hydrogen-bond donors (Lipinski definition) is 1. The fourth-order valence-electron chi connectivity index (χ4n) is 1.75. The first-order chi connectivity index (χ1) is 9.86. The molecule has 3 nitrogen and oxygen atoms in total. The zero-order valence-corrected chi connectivity index (χ0v) is 13.3. The van der Waals surface area contributed by atoms with Crippen molar-refractivity contribution in [2.75, 3.05) is 6.54 Å². The molecule has 0 saturated carbocycles. The lowest BCUT2D eigenvalue weighted by Gasteiger charge is -2.17. The van der Waals surface area contributed by atoms with E-state index in [1.54, 1.807) is 6.07 Å². The molecule has 0 radical (unpaired) electrons. The number of rotatable bonds is 4. The molecule has 2 aromatic rings. The summed E-state index contributed by atoms with van der Waals surface area (Å²) in [7, 11) is 0. The van der Waals surface area contributed by atoms with Crippen molar-refractivity contribution in [3.63, 3.8) is 0 Å². The van der Waals surface area contributed by atoms with Gasteiger partial charge >= 0.3 is 0 Å². The van der Waals surface area contributed by atoms with Crippen LogP contribution in [0, 0.1) is 11.2 Å². The Labute approximate surface area is 128 Å². The lowest BCUT2D eigenvalue weighted by atomic mass is 9.96. The molecule has 5 heteroatoms. The van der Waals surface area contributed by atoms with E-state index >= 15 is 0 Å². The van der Waals surface area contributed by atoms with Gasteiger partial charge in [-0.05, 0) is 12.1 Å². The SMILES string of the molecule is CC(C)(C)C(=O)NCCc1csc(-c2cccc(F)c2)n1. The summed E-state index contributed by atoms with van der Waals surface area (Å²) in [6.45, 7) is 6.20. The van der Waals surface area contributed by atoms with Crippen LogP contribution >= 0.6 is 11.3 Å². The maximum absolute atomic E-state index is 13.2. The molecule has 0 bridgehead atoms. The molecule has 0 unspecified atom stereocenters. The molecule has 0 fully saturated rings. The van der Waals surface area contributed by atoms with Crippen LogP contribution in [-0.4, -0.2) is 17.4 Å². The number of thiazole rings is 1. The predicted molar refractivity (Wildman–Crippen MR) is 83.7 cm³/mol. The van der Waals surface area contributed by atoms with E-state index in [1.165, 1.54) is 23.5 Å². The molecular weight excluding hydrogens is 287 g/mol. The maximum Gasteiger partial charge on any atom is 0.225 e. The van der Waals surface area contributed by atoms with E-state index < -0.39 is 0 Å². The van der Waals surface area contributed by atoms with Gasteiger partial charge in [-0.1, -0.05) is 32.9 Å². The normalized spacial score (nSPS) is 11.4. The second-order valence-corrected chi connectivity index (χ2v) is 6.77. The minimum atomic E-state index is -0.380. The van der Waals surface area contributed by atoms with E-state index in [1.807, 2.05) is 32.2 Å². The molecule has 0 atom stereocenters. The molecule has 2 rings (SSSR count). The van der Waals surface area contributed by atoms with E-state index in [2.05, 4.69) is 10.3 Å². The summed E-state index contributed by atoms with van der Waals surface area (Å²) >= 11 is 1.49. The Hall–Kier alpha value is -1.75. The monoisotopic (exact) mass is 306 g/mol. The van der Waals surface area contributed by atoms with Gasteiger partial charge in [-0.25, -0.2) is 9.37 Å². The van der Waals surface area contributed by atoms with Gasteiger partial charge in [0.2, 0.25) is 5.91 Å². The Morgan fingerprint density at radius 2 is 2.14 bits per heavy atom. The average molecular weight is 306 g/mol. The Kier molecular flexibility index (Phi) is 4.73. The number of carbonyl (C=O) groups excluding carboxylic acids is 1. The van der Waals surface area contributed by atoms with E-state index in [0.29, 0.717) is 13.0 Å². The van der Waals surface area contributed by atoms with Gasteiger partial charge in [0.1, 0.15) is 10.8 Å². The van der Waals surface area contributed by atoms with Gasteiger partial charge in [-0.15, -0.1) is 11.3 Å². The van der Waals surface area contributed by atoms with Crippen LogP contribution in [0.2, 0.25) is 0 Å². The molecule has 1 aromatic carbocycles. The maximum atomic E-state index is 13.2. The molecule has 21 heavy (non-hydrogen) atoms. The highest BCUT2D eigenvalue weighted by atomic mass is 32.1. The number of nitrogens with zero attached hydrogens (tertiary/aromatic N) is 1. The van der Waals surface area contributed by atoms with Gasteiger partial charge < -0.3 is 5.32 Å². The highest BCUT2D eigenvalue weighted by Gasteiger charge is 2.20. The second kappa shape index (κ2) is 6.35. The molecule has 0 aliphatic carbocycles. The third kappa shape index (κ3) is 4.36. The van der Waals surface area contributed by atoms with Crippen molar-refractivity contribution < 1.29 is 9.18 Å². The van der Waals surface area contributed by atoms with Crippen LogP contribution in [0.25, 0.3) is 10.6 Å². The first-order valence-corrected chi connectivity index (χ1v) is 7.73. The van der Waals surface area contributed by atoms with Gasteiger partial charge in [-0.2, -0.15) is 0 Å². The van der Waals surface area contributed by atoms with Gasteiger partial charge in [0, 0.05) is 29.3 Å². The third-order valence-corrected chi connectivity index (χ3v) is 3.91. The molecule has 0 saturated heterocycles. The smallest absolute Gasteiger partial charge is 0.225 e. The van der Waals surface area contributed by atoms with Crippen LogP contribution in [0.15, 0.2) is 29.6 Å². The number of halogens is 1. The summed E-state index contributed by atoms with van der Waals surface area (Å²) in [5.74, 6) is -0.232. The minimum Gasteiger partial charge on any atom is -0.355 e. The molecule has 0 spiro atoms. The Bertz CT molecular complexity index is 631. The molecule has 1 N–H and O–H groups in total. The van der Waals surface area contributed by atoms with Crippen LogP contribution in [0.4, 0.5) is 4.39 Å². The zero-order valence-electron chi connectivity index (χ0n) is 12.4. The highest BCUT2D eigenvalue weighted by molar-refractivity contribution is 7.13. The first-order valence-electron chi connectivity index (χ1n) is 6.85. The number of hydrogen-bond acceptors (Lipinski definition) is 3.